The highest BCUT2D eigenvalue weighted by atomic mass is 16.5. The summed E-state index contributed by atoms with van der Waals surface area (Å²) in [6.45, 7) is 2.91. The first-order valence-electron chi connectivity index (χ1n) is 5.88. The lowest BCUT2D eigenvalue weighted by Gasteiger charge is -2.21. The standard InChI is InChI=1S/C12H21NO/c1-4-14-12-8-11(13(2)3)9-6-5-7-10(9)12/h8-11H,4-7H2,1-3H3/p+1/t9-,10+,11?/m0/s1. The van der Waals surface area contributed by atoms with Gasteiger partial charge in [0.25, 0.3) is 0 Å². The van der Waals surface area contributed by atoms with Crippen molar-refractivity contribution in [1.29, 1.82) is 0 Å². The Hall–Kier alpha value is -0.500. The van der Waals surface area contributed by atoms with E-state index < -0.39 is 0 Å². The largest absolute Gasteiger partial charge is 0.498 e. The van der Waals surface area contributed by atoms with Gasteiger partial charge in [0.1, 0.15) is 11.8 Å². The second-order valence-electron chi connectivity index (χ2n) is 4.81. The quantitative estimate of drug-likeness (QED) is 0.706. The summed E-state index contributed by atoms with van der Waals surface area (Å²) < 4.78 is 5.74. The maximum Gasteiger partial charge on any atom is 0.113 e. The molecule has 2 aliphatic rings. The maximum atomic E-state index is 5.74. The lowest BCUT2D eigenvalue weighted by molar-refractivity contribution is -0.882. The number of hydrogen-bond donors (Lipinski definition) is 1. The van der Waals surface area contributed by atoms with Gasteiger partial charge in [-0.15, -0.1) is 0 Å². The molecule has 0 aromatic heterocycles. The summed E-state index contributed by atoms with van der Waals surface area (Å²) in [5.74, 6) is 2.90. The van der Waals surface area contributed by atoms with Gasteiger partial charge in [-0.05, 0) is 19.8 Å². The number of fused-ring (bicyclic) bond motifs is 1. The van der Waals surface area contributed by atoms with E-state index in [4.69, 9.17) is 4.74 Å². The summed E-state index contributed by atoms with van der Waals surface area (Å²) in [5, 5.41) is 0. The number of ether oxygens (including phenoxy) is 1. The molecule has 2 rings (SSSR count). The Morgan fingerprint density at radius 1 is 1.43 bits per heavy atom. The molecule has 1 unspecified atom stereocenters. The molecule has 1 N–H and O–H groups in total. The fourth-order valence-corrected chi connectivity index (χ4v) is 3.11. The molecule has 80 valence electrons. The van der Waals surface area contributed by atoms with E-state index in [2.05, 4.69) is 27.1 Å². The number of allylic oxidation sites excluding steroid dienone is 1. The molecule has 2 heteroatoms. The minimum atomic E-state index is 0.698. The van der Waals surface area contributed by atoms with Crippen LogP contribution in [0.25, 0.3) is 0 Å². The van der Waals surface area contributed by atoms with Crippen LogP contribution in [0.5, 0.6) is 0 Å². The third kappa shape index (κ3) is 1.56. The summed E-state index contributed by atoms with van der Waals surface area (Å²) in [5.41, 5.74) is 0. The summed E-state index contributed by atoms with van der Waals surface area (Å²) in [6, 6.07) is 0.698. The van der Waals surface area contributed by atoms with Gasteiger partial charge < -0.3 is 9.64 Å². The molecule has 3 atom stereocenters. The van der Waals surface area contributed by atoms with Crippen molar-refractivity contribution in [3.05, 3.63) is 11.8 Å². The van der Waals surface area contributed by atoms with Crippen molar-refractivity contribution in [2.45, 2.75) is 32.2 Å². The highest BCUT2D eigenvalue weighted by molar-refractivity contribution is 5.16. The van der Waals surface area contributed by atoms with Crippen LogP contribution >= 0.6 is 0 Å². The van der Waals surface area contributed by atoms with Crippen LogP contribution in [0.1, 0.15) is 26.2 Å². The normalized spacial score (nSPS) is 36.0. The number of nitrogens with one attached hydrogen (secondary N) is 1. The Bertz CT molecular complexity index is 234. The van der Waals surface area contributed by atoms with Crippen molar-refractivity contribution >= 4 is 0 Å². The van der Waals surface area contributed by atoms with Crippen LogP contribution in [-0.2, 0) is 4.74 Å². The first-order chi connectivity index (χ1) is 6.74. The van der Waals surface area contributed by atoms with E-state index >= 15 is 0 Å². The highest BCUT2D eigenvalue weighted by Gasteiger charge is 2.44. The SMILES string of the molecule is CCOC1=CC([NH+](C)C)[C@H]2CCC[C@@H]12. The molecular formula is C12H22NO+. The fourth-order valence-electron chi connectivity index (χ4n) is 3.11. The lowest BCUT2D eigenvalue weighted by Crippen LogP contribution is -3.10. The zero-order chi connectivity index (χ0) is 10.1. The molecule has 2 nitrogen and oxygen atoms in total. The molecule has 0 aromatic rings. The summed E-state index contributed by atoms with van der Waals surface area (Å²) in [7, 11) is 4.51. The predicted octanol–water partition coefficient (Wildman–Crippen LogP) is 0.850. The van der Waals surface area contributed by atoms with Crippen LogP contribution in [0.15, 0.2) is 11.8 Å². The van der Waals surface area contributed by atoms with E-state index in [1.807, 2.05) is 0 Å². The summed E-state index contributed by atoms with van der Waals surface area (Å²) >= 11 is 0. The van der Waals surface area contributed by atoms with Crippen molar-refractivity contribution in [3.63, 3.8) is 0 Å². The van der Waals surface area contributed by atoms with Crippen molar-refractivity contribution < 1.29 is 9.64 Å². The zero-order valence-electron chi connectivity index (χ0n) is 9.55. The summed E-state index contributed by atoms with van der Waals surface area (Å²) in [6.07, 6.45) is 6.52. The predicted molar refractivity (Wildman–Crippen MR) is 57.1 cm³/mol. The molecule has 0 heterocycles. The van der Waals surface area contributed by atoms with Gasteiger partial charge in [0, 0.05) is 17.9 Å². The molecule has 1 fully saturated rings. The summed E-state index contributed by atoms with van der Waals surface area (Å²) in [4.78, 5) is 1.55. The molecule has 14 heavy (non-hydrogen) atoms. The monoisotopic (exact) mass is 196 g/mol. The van der Waals surface area contributed by atoms with Crippen molar-refractivity contribution in [1.82, 2.24) is 0 Å². The van der Waals surface area contributed by atoms with Crippen molar-refractivity contribution in [2.75, 3.05) is 20.7 Å². The number of hydrogen-bond acceptors (Lipinski definition) is 1. The lowest BCUT2D eigenvalue weighted by atomic mass is 9.95. The third-order valence-corrected chi connectivity index (χ3v) is 3.72. The minimum absolute atomic E-state index is 0.698. The molecule has 0 aliphatic heterocycles. The van der Waals surface area contributed by atoms with Crippen LogP contribution in [0.2, 0.25) is 0 Å². The van der Waals surface area contributed by atoms with Gasteiger partial charge in [-0.2, -0.15) is 0 Å². The number of rotatable bonds is 3. The first-order valence-corrected chi connectivity index (χ1v) is 5.88. The third-order valence-electron chi connectivity index (χ3n) is 3.72. The van der Waals surface area contributed by atoms with E-state index in [9.17, 15) is 0 Å². The fraction of sp³-hybridized carbons (Fsp3) is 0.833. The van der Waals surface area contributed by atoms with Gasteiger partial charge in [0.15, 0.2) is 0 Å². The number of quaternary nitrogens is 1. The van der Waals surface area contributed by atoms with Crippen molar-refractivity contribution in [2.24, 2.45) is 11.8 Å². The van der Waals surface area contributed by atoms with Crippen molar-refractivity contribution in [3.8, 4) is 0 Å². The van der Waals surface area contributed by atoms with E-state index in [0.29, 0.717) is 6.04 Å². The average molecular weight is 196 g/mol. The Morgan fingerprint density at radius 3 is 2.86 bits per heavy atom. The maximum absolute atomic E-state index is 5.74. The van der Waals surface area contributed by atoms with Gasteiger partial charge >= 0.3 is 0 Å². The smallest absolute Gasteiger partial charge is 0.113 e. The minimum Gasteiger partial charge on any atom is -0.498 e. The van der Waals surface area contributed by atoms with Gasteiger partial charge in [-0.1, -0.05) is 6.42 Å². The molecule has 0 spiro atoms. The molecule has 0 bridgehead atoms. The zero-order valence-corrected chi connectivity index (χ0v) is 9.55. The Balaban J connectivity index is 2.13. The molecule has 0 radical (unpaired) electrons. The van der Waals surface area contributed by atoms with Crippen LogP contribution in [0, 0.1) is 11.8 Å². The van der Waals surface area contributed by atoms with Gasteiger partial charge in [-0.3, -0.25) is 0 Å². The van der Waals surface area contributed by atoms with Gasteiger partial charge in [-0.25, -0.2) is 0 Å². The van der Waals surface area contributed by atoms with Gasteiger partial charge in [0.2, 0.25) is 0 Å². The van der Waals surface area contributed by atoms with E-state index in [1.54, 1.807) is 4.90 Å². The second-order valence-corrected chi connectivity index (χ2v) is 4.81. The van der Waals surface area contributed by atoms with E-state index in [1.165, 1.54) is 25.0 Å². The Labute approximate surface area is 86.9 Å². The van der Waals surface area contributed by atoms with Crippen LogP contribution in [0.3, 0.4) is 0 Å². The topological polar surface area (TPSA) is 13.7 Å². The van der Waals surface area contributed by atoms with Crippen LogP contribution in [0.4, 0.5) is 0 Å². The molecule has 0 saturated heterocycles. The van der Waals surface area contributed by atoms with Crippen LogP contribution < -0.4 is 4.90 Å². The second kappa shape index (κ2) is 3.93. The molecule has 0 aromatic carbocycles. The molecule has 0 amide bonds. The molecule has 1 saturated carbocycles. The van der Waals surface area contributed by atoms with Crippen LogP contribution in [-0.4, -0.2) is 26.7 Å². The molecule has 2 aliphatic carbocycles. The molecular weight excluding hydrogens is 174 g/mol. The van der Waals surface area contributed by atoms with E-state index in [0.717, 1.165) is 18.4 Å². The first kappa shape index (κ1) is 10.0. The number of likely N-dealkylation sites (N-methyl/N-ethyl adjacent to an activating group) is 1. The van der Waals surface area contributed by atoms with E-state index in [-0.39, 0.29) is 0 Å². The highest BCUT2D eigenvalue weighted by Crippen LogP contribution is 2.43. The van der Waals surface area contributed by atoms with Gasteiger partial charge in [0.05, 0.1) is 20.7 Å². The Kier molecular flexibility index (Phi) is 2.82. The Morgan fingerprint density at radius 2 is 2.21 bits per heavy atom. The average Bonchev–Trinajstić information content (AvgIpc) is 2.67.